The van der Waals surface area contributed by atoms with Crippen LogP contribution in [0.2, 0.25) is 0 Å². The van der Waals surface area contributed by atoms with Gasteiger partial charge in [-0.05, 0) is 24.3 Å². The van der Waals surface area contributed by atoms with E-state index in [1.807, 2.05) is 0 Å². The number of hydrogen-bond acceptors (Lipinski definition) is 6. The Bertz CT molecular complexity index is 696. The van der Waals surface area contributed by atoms with Gasteiger partial charge in [-0.3, -0.25) is 9.52 Å². The van der Waals surface area contributed by atoms with Crippen LogP contribution in [-0.4, -0.2) is 31.1 Å². The summed E-state index contributed by atoms with van der Waals surface area (Å²) >= 11 is 1.18. The molecule has 0 saturated heterocycles. The third kappa shape index (κ3) is 4.43. The Hall–Kier alpha value is -2.13. The van der Waals surface area contributed by atoms with Crippen LogP contribution in [0.15, 0.2) is 40.7 Å². The number of carboxylic acid groups (broad SMARTS) is 1. The van der Waals surface area contributed by atoms with Crippen LogP contribution >= 0.6 is 11.3 Å². The lowest BCUT2D eigenvalue weighted by Crippen LogP contribution is -2.12. The van der Waals surface area contributed by atoms with Crippen molar-refractivity contribution < 1.29 is 23.1 Å². The van der Waals surface area contributed by atoms with Gasteiger partial charge in [0, 0.05) is 11.6 Å². The molecule has 0 saturated carbocycles. The van der Waals surface area contributed by atoms with Crippen molar-refractivity contribution in [3.8, 4) is 5.75 Å². The molecule has 0 radical (unpaired) electrons. The van der Waals surface area contributed by atoms with Crippen LogP contribution in [0.25, 0.3) is 0 Å². The van der Waals surface area contributed by atoms with E-state index in [1.54, 1.807) is 5.38 Å². The molecule has 2 aromatic rings. The molecule has 1 heterocycles. The SMILES string of the molecule is O=C(O)CCOc1ccc(S(=O)(=O)Nc2nccs2)cc1. The lowest BCUT2D eigenvalue weighted by Gasteiger charge is -2.07. The van der Waals surface area contributed by atoms with E-state index in [0.29, 0.717) is 5.75 Å². The Balaban J connectivity index is 2.02. The molecule has 7 nitrogen and oxygen atoms in total. The highest BCUT2D eigenvalue weighted by Crippen LogP contribution is 2.20. The maximum Gasteiger partial charge on any atom is 0.306 e. The summed E-state index contributed by atoms with van der Waals surface area (Å²) in [4.78, 5) is 14.3. The largest absolute Gasteiger partial charge is 0.493 e. The summed E-state index contributed by atoms with van der Waals surface area (Å²) in [5.41, 5.74) is 0. The number of aromatic nitrogens is 1. The van der Waals surface area contributed by atoms with E-state index >= 15 is 0 Å². The number of aliphatic carboxylic acids is 1. The molecule has 1 aromatic heterocycles. The second-order valence-electron chi connectivity index (χ2n) is 3.91. The Morgan fingerprint density at radius 2 is 2.05 bits per heavy atom. The molecule has 0 fully saturated rings. The predicted octanol–water partition coefficient (Wildman–Crippen LogP) is 1.80. The second-order valence-corrected chi connectivity index (χ2v) is 6.48. The number of thiazole rings is 1. The van der Waals surface area contributed by atoms with Gasteiger partial charge in [-0.25, -0.2) is 13.4 Å². The van der Waals surface area contributed by atoms with Crippen molar-refractivity contribution >= 4 is 32.5 Å². The van der Waals surface area contributed by atoms with Crippen LogP contribution in [0.5, 0.6) is 5.75 Å². The van der Waals surface area contributed by atoms with Gasteiger partial charge >= 0.3 is 5.97 Å². The zero-order chi connectivity index (χ0) is 15.3. The molecule has 2 rings (SSSR count). The molecule has 0 aliphatic carbocycles. The fourth-order valence-corrected chi connectivity index (χ4v) is 3.21. The summed E-state index contributed by atoms with van der Waals surface area (Å²) < 4.78 is 31.6. The number of carbonyl (C=O) groups is 1. The fourth-order valence-electron chi connectivity index (χ4n) is 1.42. The molecular formula is C12H12N2O5S2. The molecule has 0 aliphatic rings. The van der Waals surface area contributed by atoms with Crippen LogP contribution < -0.4 is 9.46 Å². The molecule has 0 unspecified atom stereocenters. The fraction of sp³-hybridized carbons (Fsp3) is 0.167. The highest BCUT2D eigenvalue weighted by atomic mass is 32.2. The lowest BCUT2D eigenvalue weighted by atomic mass is 10.3. The predicted molar refractivity (Wildman–Crippen MR) is 77.1 cm³/mol. The van der Waals surface area contributed by atoms with E-state index in [1.165, 1.54) is 41.8 Å². The molecule has 0 amide bonds. The average Bonchev–Trinajstić information content (AvgIpc) is 2.91. The highest BCUT2D eigenvalue weighted by molar-refractivity contribution is 7.93. The van der Waals surface area contributed by atoms with Gasteiger partial charge in [-0.1, -0.05) is 0 Å². The Morgan fingerprint density at radius 3 is 2.62 bits per heavy atom. The Labute approximate surface area is 125 Å². The van der Waals surface area contributed by atoms with Crippen molar-refractivity contribution in [1.82, 2.24) is 4.98 Å². The van der Waals surface area contributed by atoms with Gasteiger partial charge < -0.3 is 9.84 Å². The maximum absolute atomic E-state index is 12.1. The van der Waals surface area contributed by atoms with Crippen LogP contribution in [-0.2, 0) is 14.8 Å². The minimum atomic E-state index is -3.69. The number of benzene rings is 1. The zero-order valence-electron chi connectivity index (χ0n) is 10.7. The van der Waals surface area contributed by atoms with Gasteiger partial charge in [0.1, 0.15) is 5.75 Å². The molecule has 0 atom stereocenters. The number of nitrogens with one attached hydrogen (secondary N) is 1. The van der Waals surface area contributed by atoms with Gasteiger partial charge in [0.15, 0.2) is 5.13 Å². The van der Waals surface area contributed by atoms with E-state index in [9.17, 15) is 13.2 Å². The van der Waals surface area contributed by atoms with E-state index in [4.69, 9.17) is 9.84 Å². The zero-order valence-corrected chi connectivity index (χ0v) is 12.4. The van der Waals surface area contributed by atoms with Crippen molar-refractivity contribution in [2.45, 2.75) is 11.3 Å². The van der Waals surface area contributed by atoms with Crippen LogP contribution in [0, 0.1) is 0 Å². The first-order chi connectivity index (χ1) is 9.97. The van der Waals surface area contributed by atoms with E-state index < -0.39 is 16.0 Å². The molecule has 112 valence electrons. The topological polar surface area (TPSA) is 106 Å². The van der Waals surface area contributed by atoms with Crippen LogP contribution in [0.3, 0.4) is 0 Å². The number of carboxylic acids is 1. The van der Waals surface area contributed by atoms with Gasteiger partial charge in [0.05, 0.1) is 17.9 Å². The maximum atomic E-state index is 12.1. The number of sulfonamides is 1. The second kappa shape index (κ2) is 6.55. The summed E-state index contributed by atoms with van der Waals surface area (Å²) in [6.45, 7) is 0.0266. The van der Waals surface area contributed by atoms with Crippen molar-refractivity contribution in [3.63, 3.8) is 0 Å². The van der Waals surface area contributed by atoms with Gasteiger partial charge in [0.2, 0.25) is 0 Å². The molecule has 0 bridgehead atoms. The van der Waals surface area contributed by atoms with Crippen molar-refractivity contribution in [3.05, 3.63) is 35.8 Å². The third-order valence-electron chi connectivity index (χ3n) is 2.37. The monoisotopic (exact) mass is 328 g/mol. The highest BCUT2D eigenvalue weighted by Gasteiger charge is 2.15. The normalized spacial score (nSPS) is 11.0. The smallest absolute Gasteiger partial charge is 0.306 e. The number of rotatable bonds is 7. The summed E-state index contributed by atoms with van der Waals surface area (Å²) in [7, 11) is -3.69. The van der Waals surface area contributed by atoms with E-state index in [2.05, 4.69) is 9.71 Å². The molecule has 1 aromatic carbocycles. The minimum Gasteiger partial charge on any atom is -0.493 e. The van der Waals surface area contributed by atoms with Crippen LogP contribution in [0.1, 0.15) is 6.42 Å². The van der Waals surface area contributed by atoms with Gasteiger partial charge in [-0.2, -0.15) is 0 Å². The standard InChI is InChI=1S/C12H12N2O5S2/c15-11(16)5-7-19-9-1-3-10(4-2-9)21(17,18)14-12-13-6-8-20-12/h1-4,6,8H,5,7H2,(H,13,14)(H,15,16). The Morgan fingerprint density at radius 1 is 1.33 bits per heavy atom. The van der Waals surface area contributed by atoms with Gasteiger partial charge in [0.25, 0.3) is 10.0 Å². The van der Waals surface area contributed by atoms with Crippen molar-refractivity contribution in [2.75, 3.05) is 11.3 Å². The summed E-state index contributed by atoms with van der Waals surface area (Å²) in [6, 6.07) is 5.70. The van der Waals surface area contributed by atoms with E-state index in [-0.39, 0.29) is 23.1 Å². The third-order valence-corrected chi connectivity index (χ3v) is 4.55. The van der Waals surface area contributed by atoms with Crippen molar-refractivity contribution in [2.24, 2.45) is 0 Å². The number of ether oxygens (including phenoxy) is 1. The molecule has 2 N–H and O–H groups in total. The number of anilines is 1. The first kappa shape index (κ1) is 15.3. The number of hydrogen-bond donors (Lipinski definition) is 2. The first-order valence-electron chi connectivity index (χ1n) is 5.84. The quantitative estimate of drug-likeness (QED) is 0.803. The average molecular weight is 328 g/mol. The van der Waals surface area contributed by atoms with E-state index in [0.717, 1.165) is 0 Å². The lowest BCUT2D eigenvalue weighted by molar-refractivity contribution is -0.137. The molecule has 0 spiro atoms. The van der Waals surface area contributed by atoms with Gasteiger partial charge in [-0.15, -0.1) is 11.3 Å². The Kier molecular flexibility index (Phi) is 4.76. The number of nitrogens with zero attached hydrogens (tertiary/aromatic N) is 1. The van der Waals surface area contributed by atoms with Crippen LogP contribution in [0.4, 0.5) is 5.13 Å². The summed E-state index contributed by atoms with van der Waals surface area (Å²) in [5.74, 6) is -0.550. The molecule has 0 aliphatic heterocycles. The van der Waals surface area contributed by atoms with Crippen molar-refractivity contribution in [1.29, 1.82) is 0 Å². The molecular weight excluding hydrogens is 316 g/mol. The summed E-state index contributed by atoms with van der Waals surface area (Å²) in [5, 5.41) is 10.4. The summed E-state index contributed by atoms with van der Waals surface area (Å²) in [6.07, 6.45) is 1.38. The minimum absolute atomic E-state index is 0.0266. The first-order valence-corrected chi connectivity index (χ1v) is 8.20. The molecule has 9 heteroatoms. The molecule has 21 heavy (non-hydrogen) atoms.